The predicted octanol–water partition coefficient (Wildman–Crippen LogP) is 4.25. The molecule has 0 bridgehead atoms. The van der Waals surface area contributed by atoms with E-state index in [0.29, 0.717) is 13.0 Å². The standard InChI is InChI=1S/C17H18O2/c1-2-7-17(18)15-10-6-11-16(12-15)19-13-14-8-4-3-5-9-14/h3-6,8-12H,2,7,13H2,1H3. The van der Waals surface area contributed by atoms with Crippen LogP contribution in [0.25, 0.3) is 0 Å². The number of Topliss-reactive ketones (excluding diaryl/α,β-unsaturated/α-hetero) is 1. The zero-order chi connectivity index (χ0) is 13.5. The molecule has 0 unspecified atom stereocenters. The van der Waals surface area contributed by atoms with Crippen molar-refractivity contribution < 1.29 is 9.53 Å². The number of benzene rings is 2. The maximum atomic E-state index is 11.8. The van der Waals surface area contributed by atoms with Gasteiger partial charge in [0, 0.05) is 12.0 Å². The van der Waals surface area contributed by atoms with Gasteiger partial charge in [-0.3, -0.25) is 4.79 Å². The van der Waals surface area contributed by atoms with Crippen molar-refractivity contribution in [3.8, 4) is 5.75 Å². The van der Waals surface area contributed by atoms with Crippen LogP contribution in [-0.2, 0) is 6.61 Å². The van der Waals surface area contributed by atoms with E-state index in [9.17, 15) is 4.79 Å². The third-order valence-corrected chi connectivity index (χ3v) is 2.88. The molecule has 0 heterocycles. The highest BCUT2D eigenvalue weighted by atomic mass is 16.5. The second-order valence-corrected chi connectivity index (χ2v) is 4.48. The van der Waals surface area contributed by atoms with Gasteiger partial charge in [-0.1, -0.05) is 49.4 Å². The summed E-state index contributed by atoms with van der Waals surface area (Å²) in [7, 11) is 0. The molecule has 2 heteroatoms. The highest BCUT2D eigenvalue weighted by Crippen LogP contribution is 2.16. The minimum atomic E-state index is 0.174. The first kappa shape index (κ1) is 13.3. The van der Waals surface area contributed by atoms with E-state index >= 15 is 0 Å². The van der Waals surface area contributed by atoms with E-state index < -0.39 is 0 Å². The summed E-state index contributed by atoms with van der Waals surface area (Å²) in [6.07, 6.45) is 1.45. The van der Waals surface area contributed by atoms with Crippen LogP contribution < -0.4 is 4.74 Å². The fourth-order valence-electron chi connectivity index (χ4n) is 1.87. The predicted molar refractivity (Wildman–Crippen MR) is 76.5 cm³/mol. The Morgan fingerprint density at radius 2 is 1.84 bits per heavy atom. The molecule has 0 amide bonds. The van der Waals surface area contributed by atoms with Crippen molar-refractivity contribution in [1.82, 2.24) is 0 Å². The van der Waals surface area contributed by atoms with E-state index in [1.807, 2.05) is 61.5 Å². The normalized spacial score (nSPS) is 10.2. The first-order chi connectivity index (χ1) is 9.29. The number of ketones is 1. The second kappa shape index (κ2) is 6.74. The zero-order valence-electron chi connectivity index (χ0n) is 11.1. The Morgan fingerprint density at radius 3 is 2.58 bits per heavy atom. The zero-order valence-corrected chi connectivity index (χ0v) is 11.1. The lowest BCUT2D eigenvalue weighted by atomic mass is 10.1. The molecule has 0 atom stereocenters. The first-order valence-corrected chi connectivity index (χ1v) is 6.59. The smallest absolute Gasteiger partial charge is 0.162 e. The maximum Gasteiger partial charge on any atom is 0.162 e. The van der Waals surface area contributed by atoms with Gasteiger partial charge in [0.05, 0.1) is 0 Å². The van der Waals surface area contributed by atoms with E-state index in [1.165, 1.54) is 0 Å². The summed E-state index contributed by atoms with van der Waals surface area (Å²) in [5.74, 6) is 0.915. The highest BCUT2D eigenvalue weighted by Gasteiger charge is 2.05. The molecular weight excluding hydrogens is 236 g/mol. The molecular formula is C17H18O2. The average Bonchev–Trinajstić information content (AvgIpc) is 2.47. The van der Waals surface area contributed by atoms with E-state index in [-0.39, 0.29) is 5.78 Å². The van der Waals surface area contributed by atoms with Gasteiger partial charge in [0.2, 0.25) is 0 Å². The van der Waals surface area contributed by atoms with Crippen LogP contribution in [0, 0.1) is 0 Å². The number of rotatable bonds is 6. The van der Waals surface area contributed by atoms with E-state index in [2.05, 4.69) is 0 Å². The molecule has 0 saturated heterocycles. The minimum Gasteiger partial charge on any atom is -0.489 e. The Morgan fingerprint density at radius 1 is 1.05 bits per heavy atom. The molecule has 0 spiro atoms. The number of hydrogen-bond donors (Lipinski definition) is 0. The minimum absolute atomic E-state index is 0.174. The van der Waals surface area contributed by atoms with Crippen LogP contribution in [0.15, 0.2) is 54.6 Å². The molecule has 0 fully saturated rings. The van der Waals surface area contributed by atoms with Crippen molar-refractivity contribution in [2.24, 2.45) is 0 Å². The largest absolute Gasteiger partial charge is 0.489 e. The fraction of sp³-hybridized carbons (Fsp3) is 0.235. The van der Waals surface area contributed by atoms with Crippen LogP contribution in [0.3, 0.4) is 0 Å². The van der Waals surface area contributed by atoms with Crippen LogP contribution in [0.5, 0.6) is 5.75 Å². The van der Waals surface area contributed by atoms with Crippen molar-refractivity contribution >= 4 is 5.78 Å². The summed E-state index contributed by atoms with van der Waals surface area (Å²) in [6, 6.07) is 17.4. The van der Waals surface area contributed by atoms with Gasteiger partial charge in [0.15, 0.2) is 5.78 Å². The summed E-state index contributed by atoms with van der Waals surface area (Å²) >= 11 is 0. The molecule has 0 aliphatic carbocycles. The van der Waals surface area contributed by atoms with E-state index in [0.717, 1.165) is 23.3 Å². The quantitative estimate of drug-likeness (QED) is 0.720. The van der Waals surface area contributed by atoms with E-state index in [1.54, 1.807) is 0 Å². The van der Waals surface area contributed by atoms with Gasteiger partial charge in [-0.25, -0.2) is 0 Å². The van der Waals surface area contributed by atoms with Gasteiger partial charge in [-0.15, -0.1) is 0 Å². The molecule has 2 rings (SSSR count). The summed E-state index contributed by atoms with van der Waals surface area (Å²) in [6.45, 7) is 2.53. The molecule has 0 aromatic heterocycles. The average molecular weight is 254 g/mol. The van der Waals surface area contributed by atoms with Gasteiger partial charge in [-0.05, 0) is 24.1 Å². The summed E-state index contributed by atoms with van der Waals surface area (Å²) in [5, 5.41) is 0. The molecule has 98 valence electrons. The Balaban J connectivity index is 2.01. The van der Waals surface area contributed by atoms with Crippen molar-refractivity contribution in [1.29, 1.82) is 0 Å². The van der Waals surface area contributed by atoms with Crippen LogP contribution in [0.4, 0.5) is 0 Å². The van der Waals surface area contributed by atoms with Crippen LogP contribution in [-0.4, -0.2) is 5.78 Å². The first-order valence-electron chi connectivity index (χ1n) is 6.59. The monoisotopic (exact) mass is 254 g/mol. The van der Waals surface area contributed by atoms with Crippen molar-refractivity contribution in [3.63, 3.8) is 0 Å². The Bertz CT molecular complexity index is 532. The van der Waals surface area contributed by atoms with Crippen molar-refractivity contribution in [3.05, 3.63) is 65.7 Å². The van der Waals surface area contributed by atoms with Crippen LogP contribution >= 0.6 is 0 Å². The number of ether oxygens (including phenoxy) is 1. The molecule has 0 aliphatic heterocycles. The van der Waals surface area contributed by atoms with E-state index in [4.69, 9.17) is 4.74 Å². The highest BCUT2D eigenvalue weighted by molar-refractivity contribution is 5.96. The Labute approximate surface area is 114 Å². The Hall–Kier alpha value is -2.09. The summed E-state index contributed by atoms with van der Waals surface area (Å²) in [5.41, 5.74) is 1.85. The topological polar surface area (TPSA) is 26.3 Å². The molecule has 0 radical (unpaired) electrons. The third kappa shape index (κ3) is 3.95. The maximum absolute atomic E-state index is 11.8. The lowest BCUT2D eigenvalue weighted by molar-refractivity contribution is 0.0981. The number of carbonyl (C=O) groups excluding carboxylic acids is 1. The van der Waals surface area contributed by atoms with Gasteiger partial charge in [-0.2, -0.15) is 0 Å². The number of hydrogen-bond acceptors (Lipinski definition) is 2. The number of carbonyl (C=O) groups is 1. The lowest BCUT2D eigenvalue weighted by Gasteiger charge is -2.07. The third-order valence-electron chi connectivity index (χ3n) is 2.88. The molecule has 19 heavy (non-hydrogen) atoms. The van der Waals surface area contributed by atoms with Crippen molar-refractivity contribution in [2.75, 3.05) is 0 Å². The lowest BCUT2D eigenvalue weighted by Crippen LogP contribution is -2.00. The molecule has 0 aliphatic rings. The molecule has 2 aromatic carbocycles. The van der Waals surface area contributed by atoms with Crippen LogP contribution in [0.1, 0.15) is 35.7 Å². The summed E-state index contributed by atoms with van der Waals surface area (Å²) < 4.78 is 5.71. The second-order valence-electron chi connectivity index (χ2n) is 4.48. The van der Waals surface area contributed by atoms with Gasteiger partial charge < -0.3 is 4.74 Å². The van der Waals surface area contributed by atoms with Gasteiger partial charge in [0.1, 0.15) is 12.4 Å². The molecule has 0 N–H and O–H groups in total. The molecule has 0 saturated carbocycles. The van der Waals surface area contributed by atoms with Gasteiger partial charge >= 0.3 is 0 Å². The fourth-order valence-corrected chi connectivity index (χ4v) is 1.87. The van der Waals surface area contributed by atoms with Gasteiger partial charge in [0.25, 0.3) is 0 Å². The van der Waals surface area contributed by atoms with Crippen LogP contribution in [0.2, 0.25) is 0 Å². The molecule has 2 nitrogen and oxygen atoms in total. The Kier molecular flexibility index (Phi) is 4.73. The van der Waals surface area contributed by atoms with Crippen molar-refractivity contribution in [2.45, 2.75) is 26.4 Å². The SMILES string of the molecule is CCCC(=O)c1cccc(OCc2ccccc2)c1. The molecule has 2 aromatic rings. The summed E-state index contributed by atoms with van der Waals surface area (Å²) in [4.78, 5) is 11.8.